The molecule has 2 rings (SSSR count). The summed E-state index contributed by atoms with van der Waals surface area (Å²) in [5, 5.41) is 4.18. The van der Waals surface area contributed by atoms with E-state index in [2.05, 4.69) is 15.1 Å². The monoisotopic (exact) mass is 256 g/mol. The molecule has 0 bridgehead atoms. The molecular weight excluding hydrogens is 251 g/mol. The van der Waals surface area contributed by atoms with Gasteiger partial charge in [-0.2, -0.15) is 5.10 Å². The van der Waals surface area contributed by atoms with Crippen molar-refractivity contribution in [3.8, 4) is 11.1 Å². The van der Waals surface area contributed by atoms with Crippen LogP contribution in [0.1, 0.15) is 11.7 Å². The average Bonchev–Trinajstić information content (AvgIpc) is 2.66. The predicted octanol–water partition coefficient (Wildman–Crippen LogP) is 2.31. The van der Waals surface area contributed by atoms with Crippen molar-refractivity contribution in [2.24, 2.45) is 0 Å². The lowest BCUT2D eigenvalue weighted by atomic mass is 10.2. The van der Waals surface area contributed by atoms with E-state index in [-0.39, 0.29) is 16.3 Å². The maximum Gasteiger partial charge on any atom is 0.243 e. The van der Waals surface area contributed by atoms with Gasteiger partial charge in [0, 0.05) is 30.4 Å². The van der Waals surface area contributed by atoms with E-state index in [1.807, 2.05) is 0 Å². The van der Waals surface area contributed by atoms with Crippen molar-refractivity contribution in [1.29, 1.82) is 0 Å². The van der Waals surface area contributed by atoms with Gasteiger partial charge in [-0.3, -0.25) is 4.79 Å². The summed E-state index contributed by atoms with van der Waals surface area (Å²) in [5.74, 6) is -0.183. The molecule has 5 nitrogen and oxygen atoms in total. The van der Waals surface area contributed by atoms with Crippen LogP contribution < -0.4 is 0 Å². The normalized spacial score (nSPS) is 10.4. The highest BCUT2D eigenvalue weighted by Gasteiger charge is 2.10. The largest absolute Gasteiger partial charge is 0.273 e. The molecule has 0 saturated heterocycles. The van der Waals surface area contributed by atoms with E-state index in [0.717, 1.165) is 0 Å². The minimum absolute atomic E-state index is 0.0766. The zero-order valence-electron chi connectivity index (χ0n) is 8.19. The number of hydrogen-bond acceptors (Lipinski definition) is 4. The van der Waals surface area contributed by atoms with Gasteiger partial charge >= 0.3 is 0 Å². The summed E-state index contributed by atoms with van der Waals surface area (Å²) in [4.78, 5) is 18.7. The number of rotatable bonds is 1. The maximum absolute atomic E-state index is 11.0. The van der Waals surface area contributed by atoms with Gasteiger partial charge in [0.1, 0.15) is 5.15 Å². The third-order valence-corrected chi connectivity index (χ3v) is 2.40. The summed E-state index contributed by atoms with van der Waals surface area (Å²) < 4.78 is 1.21. The second kappa shape index (κ2) is 4.19. The molecule has 0 aliphatic carbocycles. The first kappa shape index (κ1) is 11.0. The van der Waals surface area contributed by atoms with Crippen molar-refractivity contribution in [3.63, 3.8) is 0 Å². The van der Waals surface area contributed by atoms with E-state index >= 15 is 0 Å². The van der Waals surface area contributed by atoms with Gasteiger partial charge in [-0.15, -0.1) is 0 Å². The molecule has 0 aliphatic heterocycles. The Balaban J connectivity index is 2.46. The summed E-state index contributed by atoms with van der Waals surface area (Å²) in [6.45, 7) is 1.41. The van der Waals surface area contributed by atoms with Crippen molar-refractivity contribution in [2.75, 3.05) is 0 Å². The summed E-state index contributed by atoms with van der Waals surface area (Å²) in [5.41, 5.74) is 1.25. The molecule has 0 aromatic carbocycles. The summed E-state index contributed by atoms with van der Waals surface area (Å²) in [6.07, 6.45) is 4.56. The lowest BCUT2D eigenvalue weighted by Crippen LogP contribution is -2.04. The molecule has 16 heavy (non-hydrogen) atoms. The van der Waals surface area contributed by atoms with Crippen LogP contribution >= 0.6 is 23.2 Å². The second-order valence-corrected chi connectivity index (χ2v) is 3.73. The quantitative estimate of drug-likeness (QED) is 0.581. The minimum Gasteiger partial charge on any atom is -0.273 e. The summed E-state index contributed by atoms with van der Waals surface area (Å²) in [7, 11) is 0. The van der Waals surface area contributed by atoms with E-state index in [1.54, 1.807) is 6.20 Å². The van der Waals surface area contributed by atoms with E-state index in [1.165, 1.54) is 24.0 Å². The molecule has 0 fully saturated rings. The number of halogens is 2. The van der Waals surface area contributed by atoms with E-state index in [0.29, 0.717) is 11.1 Å². The Kier molecular flexibility index (Phi) is 2.89. The van der Waals surface area contributed by atoms with Gasteiger partial charge in [0.25, 0.3) is 0 Å². The fraction of sp³-hybridized carbons (Fsp3) is 0.111. The predicted molar refractivity (Wildman–Crippen MR) is 59.6 cm³/mol. The van der Waals surface area contributed by atoms with Gasteiger partial charge < -0.3 is 0 Å². The zero-order chi connectivity index (χ0) is 11.7. The SMILES string of the molecule is CC(=O)n1cc(-c2cnc(Cl)nc2Cl)cn1. The highest BCUT2D eigenvalue weighted by molar-refractivity contribution is 6.33. The van der Waals surface area contributed by atoms with Gasteiger partial charge in [-0.05, 0) is 11.6 Å². The third-order valence-electron chi connectivity index (χ3n) is 1.93. The van der Waals surface area contributed by atoms with Crippen molar-refractivity contribution in [3.05, 3.63) is 29.0 Å². The molecule has 2 heterocycles. The highest BCUT2D eigenvalue weighted by atomic mass is 35.5. The van der Waals surface area contributed by atoms with E-state index in [9.17, 15) is 4.79 Å². The number of nitrogens with zero attached hydrogens (tertiary/aromatic N) is 4. The standard InChI is InChI=1S/C9H6Cl2N4O/c1-5(16)15-4-6(2-13-15)7-3-12-9(11)14-8(7)10/h2-4H,1H3. The van der Waals surface area contributed by atoms with Crippen molar-refractivity contribution in [2.45, 2.75) is 6.92 Å². The lowest BCUT2D eigenvalue weighted by molar-refractivity contribution is 0.0921. The van der Waals surface area contributed by atoms with Crippen molar-refractivity contribution in [1.82, 2.24) is 19.7 Å². The molecule has 0 aliphatic rings. The number of aromatic nitrogens is 4. The van der Waals surface area contributed by atoms with Crippen LogP contribution in [0.25, 0.3) is 11.1 Å². The van der Waals surface area contributed by atoms with E-state index in [4.69, 9.17) is 23.2 Å². The first-order valence-corrected chi connectivity index (χ1v) is 5.07. The Labute approximate surface area is 101 Å². The van der Waals surface area contributed by atoms with Gasteiger partial charge in [-0.1, -0.05) is 11.6 Å². The molecule has 0 unspecified atom stereocenters. The summed E-state index contributed by atoms with van der Waals surface area (Å²) >= 11 is 11.5. The molecular formula is C9H6Cl2N4O. The van der Waals surface area contributed by atoms with Crippen LogP contribution in [0.15, 0.2) is 18.6 Å². The fourth-order valence-electron chi connectivity index (χ4n) is 1.17. The molecule has 0 atom stereocenters. The van der Waals surface area contributed by atoms with Gasteiger partial charge in [-0.25, -0.2) is 14.6 Å². The fourth-order valence-corrected chi connectivity index (χ4v) is 1.58. The molecule has 0 N–H and O–H groups in total. The van der Waals surface area contributed by atoms with Crippen LogP contribution in [0, 0.1) is 0 Å². The average molecular weight is 257 g/mol. The van der Waals surface area contributed by atoms with Crippen LogP contribution in [0.2, 0.25) is 10.4 Å². The summed E-state index contributed by atoms with van der Waals surface area (Å²) in [6, 6.07) is 0. The first-order valence-electron chi connectivity index (χ1n) is 4.32. The van der Waals surface area contributed by atoms with Crippen LogP contribution in [-0.4, -0.2) is 25.7 Å². The maximum atomic E-state index is 11.0. The molecule has 0 amide bonds. The van der Waals surface area contributed by atoms with Crippen LogP contribution in [0.3, 0.4) is 0 Å². The van der Waals surface area contributed by atoms with Crippen LogP contribution in [0.5, 0.6) is 0 Å². The Morgan fingerprint density at radius 2 is 2.12 bits per heavy atom. The minimum atomic E-state index is -0.183. The topological polar surface area (TPSA) is 60.7 Å². The second-order valence-electron chi connectivity index (χ2n) is 3.04. The Bertz CT molecular complexity index is 552. The van der Waals surface area contributed by atoms with Gasteiger partial charge in [0.2, 0.25) is 11.2 Å². The van der Waals surface area contributed by atoms with Crippen molar-refractivity contribution >= 4 is 29.1 Å². The lowest BCUT2D eigenvalue weighted by Gasteiger charge is -1.98. The Hall–Kier alpha value is -1.46. The molecule has 7 heteroatoms. The molecule has 0 saturated carbocycles. The zero-order valence-corrected chi connectivity index (χ0v) is 9.70. The molecule has 0 radical (unpaired) electrons. The number of carbonyl (C=O) groups is 1. The van der Waals surface area contributed by atoms with Gasteiger partial charge in [0.15, 0.2) is 0 Å². The molecule has 2 aromatic heterocycles. The molecule has 2 aromatic rings. The van der Waals surface area contributed by atoms with E-state index < -0.39 is 0 Å². The Morgan fingerprint density at radius 1 is 1.38 bits per heavy atom. The molecule has 82 valence electrons. The Morgan fingerprint density at radius 3 is 2.69 bits per heavy atom. The van der Waals surface area contributed by atoms with Crippen LogP contribution in [0.4, 0.5) is 0 Å². The molecule has 0 spiro atoms. The number of hydrogen-bond donors (Lipinski definition) is 0. The third kappa shape index (κ3) is 2.05. The number of carbonyl (C=O) groups excluding carboxylic acids is 1. The highest BCUT2D eigenvalue weighted by Crippen LogP contribution is 2.25. The van der Waals surface area contributed by atoms with Crippen molar-refractivity contribution < 1.29 is 4.79 Å². The smallest absolute Gasteiger partial charge is 0.243 e. The van der Waals surface area contributed by atoms with Crippen LogP contribution in [-0.2, 0) is 0 Å². The van der Waals surface area contributed by atoms with Gasteiger partial charge in [0.05, 0.1) is 6.20 Å². The first-order chi connectivity index (χ1) is 7.58.